The molecule has 0 amide bonds. The fraction of sp³-hybridized carbons (Fsp3) is 0.182. The number of carbonyl (C=O) groups is 2. The molecule has 0 saturated heterocycles. The van der Waals surface area contributed by atoms with E-state index in [4.69, 9.17) is 21.7 Å². The smallest absolute Gasteiger partial charge is 0.320 e. The van der Waals surface area contributed by atoms with Crippen molar-refractivity contribution in [3.05, 3.63) is 64.0 Å². The Labute approximate surface area is 196 Å². The number of H-pyrrole nitrogens is 2. The van der Waals surface area contributed by atoms with Crippen molar-refractivity contribution >= 4 is 39.4 Å². The first-order valence-corrected chi connectivity index (χ1v) is 10.2. The fourth-order valence-electron chi connectivity index (χ4n) is 3.59. The number of phenols is 2. The average molecular weight is 485 g/mol. The average Bonchev–Trinajstić information content (AvgIpc) is 3.37. The molecule has 2 heterocycles. The number of carboxylic acid groups (broad SMARTS) is 2. The summed E-state index contributed by atoms with van der Waals surface area (Å²) in [6, 6.07) is 5.49. The van der Waals surface area contributed by atoms with Gasteiger partial charge in [0.15, 0.2) is 5.75 Å². The van der Waals surface area contributed by atoms with E-state index in [1.54, 1.807) is 24.4 Å². The van der Waals surface area contributed by atoms with Crippen LogP contribution in [0.4, 0.5) is 5.69 Å². The van der Waals surface area contributed by atoms with Crippen molar-refractivity contribution in [1.82, 2.24) is 9.97 Å². The maximum absolute atomic E-state index is 11.0. The van der Waals surface area contributed by atoms with Gasteiger partial charge in [0, 0.05) is 36.1 Å². The van der Waals surface area contributed by atoms with E-state index >= 15 is 0 Å². The van der Waals surface area contributed by atoms with E-state index in [2.05, 4.69) is 9.97 Å². The first-order chi connectivity index (χ1) is 16.5. The third-order valence-electron chi connectivity index (χ3n) is 5.33. The highest BCUT2D eigenvalue weighted by molar-refractivity contribution is 5.95. The molecule has 0 bridgehead atoms. The number of nitro benzene ring substituents is 1. The van der Waals surface area contributed by atoms with Crippen LogP contribution in [0.5, 0.6) is 11.5 Å². The number of nitrogens with one attached hydrogen (secondary N) is 2. The molecular formula is C22H23N5O8. The summed E-state index contributed by atoms with van der Waals surface area (Å²) < 4.78 is 0. The lowest BCUT2D eigenvalue weighted by molar-refractivity contribution is -0.384. The number of fused-ring (bicyclic) bond motifs is 2. The minimum atomic E-state index is -1.20. The lowest BCUT2D eigenvalue weighted by Crippen LogP contribution is -2.32. The third-order valence-corrected chi connectivity index (χ3v) is 5.33. The van der Waals surface area contributed by atoms with Crippen LogP contribution in [0.1, 0.15) is 11.1 Å². The van der Waals surface area contributed by atoms with Crippen LogP contribution in [-0.4, -0.2) is 59.3 Å². The van der Waals surface area contributed by atoms with Crippen molar-refractivity contribution in [2.75, 3.05) is 0 Å². The van der Waals surface area contributed by atoms with Crippen molar-refractivity contribution < 1.29 is 34.9 Å². The fourth-order valence-corrected chi connectivity index (χ4v) is 3.59. The third kappa shape index (κ3) is 5.48. The zero-order valence-corrected chi connectivity index (χ0v) is 18.1. The Balaban J connectivity index is 0.000000198. The highest BCUT2D eigenvalue weighted by Crippen LogP contribution is 2.36. The Bertz CT molecular complexity index is 1410. The van der Waals surface area contributed by atoms with Gasteiger partial charge in [-0.2, -0.15) is 0 Å². The summed E-state index contributed by atoms with van der Waals surface area (Å²) in [4.78, 5) is 37.4. The molecule has 13 heteroatoms. The molecule has 10 N–H and O–H groups in total. The van der Waals surface area contributed by atoms with Crippen LogP contribution in [0.2, 0.25) is 0 Å². The number of aliphatic carboxylic acids is 2. The summed E-state index contributed by atoms with van der Waals surface area (Å²) >= 11 is 0. The quantitative estimate of drug-likeness (QED) is 0.139. The summed E-state index contributed by atoms with van der Waals surface area (Å²) in [5.74, 6) is -2.55. The topological polar surface area (TPSA) is 242 Å². The largest absolute Gasteiger partial charge is 0.508 e. The molecule has 4 rings (SSSR count). The van der Waals surface area contributed by atoms with Gasteiger partial charge in [0.2, 0.25) is 0 Å². The Morgan fingerprint density at radius 1 is 0.914 bits per heavy atom. The van der Waals surface area contributed by atoms with Gasteiger partial charge in [0.05, 0.1) is 15.8 Å². The van der Waals surface area contributed by atoms with E-state index in [9.17, 15) is 29.9 Å². The molecule has 35 heavy (non-hydrogen) atoms. The predicted molar refractivity (Wildman–Crippen MR) is 125 cm³/mol. The zero-order chi connectivity index (χ0) is 25.9. The van der Waals surface area contributed by atoms with Gasteiger partial charge in [-0.1, -0.05) is 0 Å². The van der Waals surface area contributed by atoms with Crippen LogP contribution < -0.4 is 11.5 Å². The van der Waals surface area contributed by atoms with E-state index < -0.39 is 40.4 Å². The number of nitrogens with two attached hydrogens (primary N) is 2. The minimum Gasteiger partial charge on any atom is -0.508 e. The van der Waals surface area contributed by atoms with E-state index in [-0.39, 0.29) is 24.0 Å². The van der Waals surface area contributed by atoms with Crippen LogP contribution >= 0.6 is 0 Å². The molecule has 4 aromatic rings. The van der Waals surface area contributed by atoms with Gasteiger partial charge in [-0.15, -0.1) is 0 Å². The maximum Gasteiger partial charge on any atom is 0.320 e. The summed E-state index contributed by atoms with van der Waals surface area (Å²) in [6.07, 6.45) is 3.34. The molecule has 0 unspecified atom stereocenters. The molecular weight excluding hydrogens is 462 g/mol. The number of hydrogen-bond acceptors (Lipinski definition) is 8. The van der Waals surface area contributed by atoms with Gasteiger partial charge < -0.3 is 41.9 Å². The molecule has 2 atom stereocenters. The van der Waals surface area contributed by atoms with Gasteiger partial charge in [0.25, 0.3) is 0 Å². The molecule has 13 nitrogen and oxygen atoms in total. The molecule has 2 aromatic heterocycles. The number of nitrogens with zero attached hydrogens (tertiary/aromatic N) is 1. The van der Waals surface area contributed by atoms with Crippen molar-refractivity contribution in [3.8, 4) is 11.5 Å². The second kappa shape index (κ2) is 10.1. The van der Waals surface area contributed by atoms with Gasteiger partial charge in [-0.3, -0.25) is 19.7 Å². The molecule has 0 aliphatic heterocycles. The number of rotatable bonds is 7. The number of carboxylic acids is 2. The number of aromatic hydroxyl groups is 2. The second-order valence-corrected chi connectivity index (χ2v) is 7.77. The molecule has 0 fully saturated rings. The van der Waals surface area contributed by atoms with Crippen molar-refractivity contribution in [1.29, 1.82) is 0 Å². The van der Waals surface area contributed by atoms with Crippen molar-refractivity contribution in [2.24, 2.45) is 11.5 Å². The molecule has 0 radical (unpaired) electrons. The first kappa shape index (κ1) is 25.0. The van der Waals surface area contributed by atoms with Gasteiger partial charge in [-0.05, 0) is 41.5 Å². The van der Waals surface area contributed by atoms with E-state index in [0.29, 0.717) is 11.1 Å². The molecule has 2 aromatic carbocycles. The van der Waals surface area contributed by atoms with Crippen molar-refractivity contribution in [2.45, 2.75) is 24.9 Å². The van der Waals surface area contributed by atoms with Crippen LogP contribution in [0, 0.1) is 10.1 Å². The zero-order valence-electron chi connectivity index (χ0n) is 18.1. The minimum absolute atomic E-state index is 0.0698. The first-order valence-electron chi connectivity index (χ1n) is 10.2. The maximum atomic E-state index is 11.0. The second-order valence-electron chi connectivity index (χ2n) is 7.77. The van der Waals surface area contributed by atoms with Crippen LogP contribution in [0.25, 0.3) is 21.8 Å². The summed E-state index contributed by atoms with van der Waals surface area (Å²) in [5, 5.41) is 48.4. The Hall–Kier alpha value is -4.62. The molecule has 0 aliphatic rings. The molecule has 184 valence electrons. The van der Waals surface area contributed by atoms with E-state index in [1.807, 2.05) is 0 Å². The Morgan fingerprint density at radius 3 is 2.06 bits per heavy atom. The van der Waals surface area contributed by atoms with E-state index in [1.165, 1.54) is 18.3 Å². The standard InChI is InChI=1S/C11H11N3O5.C11H12N2O3/c12-6(11(16)17)3-5-4-13-7-1-2-8(15)10(9(5)7)14(18)19;12-9(11(15)16)3-6-5-13-10-2-1-7(14)4-8(6)10/h1-2,4,6,13,15H,3,12H2,(H,16,17);1-2,4-5,9,13-14H,3,12H2,(H,15,16)/t6-;9-/m00/s1. The molecule has 0 spiro atoms. The van der Waals surface area contributed by atoms with E-state index in [0.717, 1.165) is 16.5 Å². The monoisotopic (exact) mass is 485 g/mol. The lowest BCUT2D eigenvalue weighted by atomic mass is 10.0. The highest BCUT2D eigenvalue weighted by Gasteiger charge is 2.24. The molecule has 0 aliphatic carbocycles. The number of benzene rings is 2. The number of aromatic nitrogens is 2. The van der Waals surface area contributed by atoms with Crippen LogP contribution in [-0.2, 0) is 22.4 Å². The van der Waals surface area contributed by atoms with Crippen LogP contribution in [0.3, 0.4) is 0 Å². The summed E-state index contributed by atoms with van der Waals surface area (Å²) in [6.45, 7) is 0. The Kier molecular flexibility index (Phi) is 7.22. The number of aromatic amines is 2. The van der Waals surface area contributed by atoms with Gasteiger partial charge >= 0.3 is 17.6 Å². The highest BCUT2D eigenvalue weighted by atomic mass is 16.6. The Morgan fingerprint density at radius 2 is 1.46 bits per heavy atom. The number of phenolic OH excluding ortho intramolecular Hbond substituents is 2. The summed E-state index contributed by atoms with van der Waals surface area (Å²) in [5.41, 5.74) is 12.9. The SMILES string of the molecule is N[C@@H](Cc1c[nH]c2ccc(O)c([N+](=O)[O-])c12)C(=O)O.N[C@@H](Cc1c[nH]c2ccc(O)cc12)C(=O)O. The predicted octanol–water partition coefficient (Wildman–Crippen LogP) is 1.56. The van der Waals surface area contributed by atoms with Gasteiger partial charge in [-0.25, -0.2) is 0 Å². The number of nitro groups is 1. The number of hydrogen-bond donors (Lipinski definition) is 8. The van der Waals surface area contributed by atoms with Crippen LogP contribution in [0.15, 0.2) is 42.7 Å². The van der Waals surface area contributed by atoms with Crippen molar-refractivity contribution in [3.63, 3.8) is 0 Å². The lowest BCUT2D eigenvalue weighted by Gasteiger charge is -2.05. The van der Waals surface area contributed by atoms with Gasteiger partial charge in [0.1, 0.15) is 17.8 Å². The summed E-state index contributed by atoms with van der Waals surface area (Å²) in [7, 11) is 0. The molecule has 0 saturated carbocycles. The normalized spacial score (nSPS) is 12.6.